The summed E-state index contributed by atoms with van der Waals surface area (Å²) in [5.41, 5.74) is 3.98. The van der Waals surface area contributed by atoms with Crippen molar-refractivity contribution in [3.8, 4) is 22.5 Å². The molecule has 0 saturated carbocycles. The number of aromatic nitrogens is 5. The van der Waals surface area contributed by atoms with Gasteiger partial charge in [-0.25, -0.2) is 17.9 Å². The van der Waals surface area contributed by atoms with E-state index in [9.17, 15) is 13.2 Å². The Morgan fingerprint density at radius 2 is 1.85 bits per heavy atom. The van der Waals surface area contributed by atoms with Crippen LogP contribution in [0.1, 0.15) is 19.0 Å². The molecule has 11 heteroatoms. The molecular weight excluding hydrogens is 516 g/mol. The number of sulfone groups is 1. The predicted molar refractivity (Wildman–Crippen MR) is 147 cm³/mol. The van der Waals surface area contributed by atoms with Crippen molar-refractivity contribution in [3.05, 3.63) is 91.1 Å². The average molecular weight is 543 g/mol. The maximum Gasteiger partial charge on any atom is 0.306 e. The van der Waals surface area contributed by atoms with Gasteiger partial charge >= 0.3 is 5.97 Å². The van der Waals surface area contributed by atoms with Gasteiger partial charge in [0, 0.05) is 35.9 Å². The van der Waals surface area contributed by atoms with Crippen LogP contribution in [0.3, 0.4) is 0 Å². The zero-order valence-electron chi connectivity index (χ0n) is 21.2. The molecule has 0 aliphatic carbocycles. The van der Waals surface area contributed by atoms with Gasteiger partial charge in [-0.1, -0.05) is 36.4 Å². The van der Waals surface area contributed by atoms with Gasteiger partial charge in [0.15, 0.2) is 21.5 Å². The van der Waals surface area contributed by atoms with Crippen molar-refractivity contribution >= 4 is 27.1 Å². The largest absolute Gasteiger partial charge is 0.466 e. The molecule has 39 heavy (non-hydrogen) atoms. The van der Waals surface area contributed by atoms with Gasteiger partial charge in [-0.2, -0.15) is 0 Å². The zero-order chi connectivity index (χ0) is 27.2. The van der Waals surface area contributed by atoms with Crippen molar-refractivity contribution in [2.45, 2.75) is 24.8 Å². The van der Waals surface area contributed by atoms with Crippen molar-refractivity contribution in [1.82, 2.24) is 24.6 Å². The van der Waals surface area contributed by atoms with Crippen LogP contribution in [0.15, 0.2) is 90.3 Å². The third-order valence-corrected chi connectivity index (χ3v) is 7.65. The number of fused-ring (bicyclic) bond motifs is 1. The first-order valence-corrected chi connectivity index (χ1v) is 14.0. The van der Waals surface area contributed by atoms with Crippen LogP contribution in [0.25, 0.3) is 28.0 Å². The highest BCUT2D eigenvalue weighted by Gasteiger charge is 2.20. The summed E-state index contributed by atoms with van der Waals surface area (Å²) >= 11 is 0. The van der Waals surface area contributed by atoms with Gasteiger partial charge in [-0.15, -0.1) is 5.10 Å². The van der Waals surface area contributed by atoms with Crippen molar-refractivity contribution in [2.24, 2.45) is 0 Å². The van der Waals surface area contributed by atoms with E-state index in [1.807, 2.05) is 60.8 Å². The van der Waals surface area contributed by atoms with E-state index >= 15 is 0 Å². The summed E-state index contributed by atoms with van der Waals surface area (Å²) in [6.45, 7) is 2.29. The summed E-state index contributed by atoms with van der Waals surface area (Å²) in [4.78, 5) is 25.0. The first-order valence-electron chi connectivity index (χ1n) is 12.4. The fourth-order valence-corrected chi connectivity index (χ4v) is 5.28. The van der Waals surface area contributed by atoms with Crippen molar-refractivity contribution < 1.29 is 17.9 Å². The van der Waals surface area contributed by atoms with Gasteiger partial charge in [0.2, 0.25) is 0 Å². The molecule has 10 nitrogen and oxygen atoms in total. The smallest absolute Gasteiger partial charge is 0.306 e. The Hall–Kier alpha value is -4.64. The van der Waals surface area contributed by atoms with Gasteiger partial charge in [-0.3, -0.25) is 14.8 Å². The lowest BCUT2D eigenvalue weighted by Gasteiger charge is -2.12. The predicted octanol–water partition coefficient (Wildman–Crippen LogP) is 4.19. The highest BCUT2D eigenvalue weighted by molar-refractivity contribution is 7.91. The van der Waals surface area contributed by atoms with Gasteiger partial charge in [0.25, 0.3) is 0 Å². The van der Waals surface area contributed by atoms with Gasteiger partial charge in [0.05, 0.1) is 35.9 Å². The summed E-state index contributed by atoms with van der Waals surface area (Å²) < 4.78 is 32.4. The first-order chi connectivity index (χ1) is 18.9. The second-order valence-corrected chi connectivity index (χ2v) is 10.7. The van der Waals surface area contributed by atoms with Crippen molar-refractivity contribution in [1.29, 1.82) is 0 Å². The minimum absolute atomic E-state index is 0.0199. The fraction of sp³-hybridized carbons (Fsp3) is 0.179. The number of ether oxygens (including phenoxy) is 1. The van der Waals surface area contributed by atoms with Crippen LogP contribution >= 0.6 is 0 Å². The molecule has 0 aliphatic rings. The highest BCUT2D eigenvalue weighted by Crippen LogP contribution is 2.31. The number of anilines is 1. The van der Waals surface area contributed by atoms with Crippen LogP contribution in [0.4, 0.5) is 5.82 Å². The van der Waals surface area contributed by atoms with E-state index in [1.165, 1.54) is 18.5 Å². The van der Waals surface area contributed by atoms with E-state index in [4.69, 9.17) is 9.72 Å². The third kappa shape index (κ3) is 5.93. The van der Waals surface area contributed by atoms with Crippen molar-refractivity contribution in [2.75, 3.05) is 17.7 Å². The van der Waals surface area contributed by atoms with Gasteiger partial charge < -0.3 is 10.1 Å². The summed E-state index contributed by atoms with van der Waals surface area (Å²) in [7, 11) is -3.78. The minimum Gasteiger partial charge on any atom is -0.466 e. The molecule has 5 rings (SSSR count). The van der Waals surface area contributed by atoms with Crippen LogP contribution in [0.5, 0.6) is 0 Å². The number of hydrogen-bond donors (Lipinski definition) is 1. The monoisotopic (exact) mass is 542 g/mol. The number of rotatable bonds is 10. The normalized spacial score (nSPS) is 11.4. The molecule has 4 heterocycles. The van der Waals surface area contributed by atoms with Crippen LogP contribution in [0.2, 0.25) is 0 Å². The molecule has 198 valence electrons. The highest BCUT2D eigenvalue weighted by atomic mass is 32.2. The number of carbonyl (C=O) groups is 1. The van der Waals surface area contributed by atoms with Crippen LogP contribution in [-0.4, -0.2) is 51.3 Å². The lowest BCUT2D eigenvalue weighted by atomic mass is 10.1. The minimum atomic E-state index is -3.78. The second-order valence-electron chi connectivity index (χ2n) is 8.63. The van der Waals surface area contributed by atoms with E-state index in [0.717, 1.165) is 22.3 Å². The van der Waals surface area contributed by atoms with Gasteiger partial charge in [0.1, 0.15) is 5.52 Å². The molecule has 0 saturated heterocycles. The Balaban J connectivity index is 1.54. The number of esters is 1. The Morgan fingerprint density at radius 1 is 1.03 bits per heavy atom. The van der Waals surface area contributed by atoms with Crippen LogP contribution < -0.4 is 5.32 Å². The Bertz CT molecular complexity index is 1710. The molecule has 0 bridgehead atoms. The first kappa shape index (κ1) is 26.0. The molecule has 0 atom stereocenters. The van der Waals surface area contributed by atoms with E-state index in [0.29, 0.717) is 17.9 Å². The molecule has 5 aromatic rings. The molecular formula is C28H26N6O4S. The number of pyridine rings is 2. The van der Waals surface area contributed by atoms with E-state index in [2.05, 4.69) is 20.4 Å². The second kappa shape index (κ2) is 11.4. The quantitative estimate of drug-likeness (QED) is 0.258. The fourth-order valence-electron chi connectivity index (χ4n) is 4.08. The van der Waals surface area contributed by atoms with Crippen molar-refractivity contribution in [3.63, 3.8) is 0 Å². The number of benzene rings is 1. The number of hydrogen-bond acceptors (Lipinski definition) is 9. The molecule has 0 unspecified atom stereocenters. The third-order valence-electron chi connectivity index (χ3n) is 5.97. The Labute approximate surface area is 225 Å². The summed E-state index contributed by atoms with van der Waals surface area (Å²) in [6, 6.07) is 19.0. The van der Waals surface area contributed by atoms with Crippen LogP contribution in [0, 0.1) is 0 Å². The SMILES string of the molecule is CCOC(=O)CCS(=O)(=O)c1cncc(-c2nc(NCc3ccccn3)c3c(-c4ccccc4)ccn3n2)c1. The standard InChI is InChI=1S/C28H26N6O4S/c1-2-38-25(35)12-15-39(36,37)23-16-21(17-29-19-23)27-32-28(31-18-22-10-6-7-13-30-22)26-24(11-14-34(26)33-27)20-8-4-3-5-9-20/h3-11,13-14,16-17,19H,2,12,15,18H2,1H3,(H,31,32,33). The maximum atomic E-state index is 12.9. The van der Waals surface area contributed by atoms with E-state index < -0.39 is 15.8 Å². The summed E-state index contributed by atoms with van der Waals surface area (Å²) in [5.74, 6) is -0.100. The zero-order valence-corrected chi connectivity index (χ0v) is 22.0. The molecule has 0 radical (unpaired) electrons. The maximum absolute atomic E-state index is 12.9. The molecule has 1 N–H and O–H groups in total. The number of nitrogens with zero attached hydrogens (tertiary/aromatic N) is 5. The Morgan fingerprint density at radius 3 is 2.62 bits per heavy atom. The molecule has 0 spiro atoms. The number of nitrogens with one attached hydrogen (secondary N) is 1. The average Bonchev–Trinajstić information content (AvgIpc) is 3.40. The molecule has 0 aliphatic heterocycles. The summed E-state index contributed by atoms with van der Waals surface area (Å²) in [5, 5.41) is 8.05. The molecule has 4 aromatic heterocycles. The number of carbonyl (C=O) groups excluding carboxylic acids is 1. The van der Waals surface area contributed by atoms with Gasteiger partial charge in [-0.05, 0) is 36.8 Å². The lowest BCUT2D eigenvalue weighted by Crippen LogP contribution is -2.14. The van der Waals surface area contributed by atoms with E-state index in [1.54, 1.807) is 17.6 Å². The van der Waals surface area contributed by atoms with Crippen LogP contribution in [-0.2, 0) is 25.9 Å². The summed E-state index contributed by atoms with van der Waals surface area (Å²) in [6.07, 6.45) is 6.09. The molecule has 0 fully saturated rings. The lowest BCUT2D eigenvalue weighted by molar-refractivity contribution is -0.142. The Kier molecular flexibility index (Phi) is 7.60. The topological polar surface area (TPSA) is 128 Å². The molecule has 1 aromatic carbocycles. The molecule has 0 amide bonds. The van der Waals surface area contributed by atoms with E-state index in [-0.39, 0.29) is 29.5 Å².